The molecule has 0 spiro atoms. The molecule has 31 heavy (non-hydrogen) atoms. The summed E-state index contributed by atoms with van der Waals surface area (Å²) in [7, 11) is -3.56. The van der Waals surface area contributed by atoms with Crippen molar-refractivity contribution in [1.29, 1.82) is 0 Å². The van der Waals surface area contributed by atoms with Crippen LogP contribution in [-0.4, -0.2) is 34.6 Å². The summed E-state index contributed by atoms with van der Waals surface area (Å²) in [5.41, 5.74) is 4.21. The molecule has 3 heterocycles. The van der Waals surface area contributed by atoms with E-state index < -0.39 is 16.1 Å². The minimum Gasteiger partial charge on any atom is -0.240 e. The Hall–Kier alpha value is -3.23. The van der Waals surface area contributed by atoms with Gasteiger partial charge in [0.25, 0.3) is 0 Å². The molecular formula is C23H20N4O2S2. The van der Waals surface area contributed by atoms with Crippen molar-refractivity contribution in [3.63, 3.8) is 0 Å². The molecule has 0 amide bonds. The van der Waals surface area contributed by atoms with Crippen LogP contribution in [-0.2, 0) is 10.0 Å². The van der Waals surface area contributed by atoms with Crippen LogP contribution in [0.4, 0.5) is 0 Å². The molecule has 5 rings (SSSR count). The van der Waals surface area contributed by atoms with E-state index in [0.717, 1.165) is 33.1 Å². The number of hydrogen-bond donors (Lipinski definition) is 0. The molecule has 0 aliphatic carbocycles. The lowest BCUT2D eigenvalue weighted by Gasteiger charge is -2.21. The van der Waals surface area contributed by atoms with Crippen LogP contribution in [0.3, 0.4) is 0 Å². The van der Waals surface area contributed by atoms with Crippen LogP contribution in [0.15, 0.2) is 89.5 Å². The number of sulfonamides is 1. The lowest BCUT2D eigenvalue weighted by molar-refractivity contribution is 0.375. The number of hydrazone groups is 1. The Balaban J connectivity index is 1.65. The van der Waals surface area contributed by atoms with E-state index >= 15 is 0 Å². The molecule has 6 nitrogen and oxygen atoms in total. The summed E-state index contributed by atoms with van der Waals surface area (Å²) in [6.07, 6.45) is 3.62. The van der Waals surface area contributed by atoms with Gasteiger partial charge in [0.2, 0.25) is 10.0 Å². The third-order valence-corrected chi connectivity index (χ3v) is 7.12. The van der Waals surface area contributed by atoms with Crippen molar-refractivity contribution in [3.05, 3.63) is 94.8 Å². The third kappa shape index (κ3) is 3.80. The monoisotopic (exact) mass is 448 g/mol. The molecule has 0 saturated carbocycles. The molecule has 2 aromatic heterocycles. The van der Waals surface area contributed by atoms with E-state index in [2.05, 4.69) is 5.10 Å². The largest absolute Gasteiger partial charge is 0.247 e. The highest BCUT2D eigenvalue weighted by Gasteiger charge is 2.37. The molecular weight excluding hydrogens is 428 g/mol. The minimum atomic E-state index is -3.56. The summed E-state index contributed by atoms with van der Waals surface area (Å²) >= 11 is 1.56. The molecule has 2 aromatic carbocycles. The van der Waals surface area contributed by atoms with Gasteiger partial charge in [-0.3, -0.25) is 0 Å². The van der Waals surface area contributed by atoms with Gasteiger partial charge in [0.15, 0.2) is 0 Å². The van der Waals surface area contributed by atoms with Crippen molar-refractivity contribution in [2.75, 3.05) is 6.26 Å². The maximum absolute atomic E-state index is 12.7. The van der Waals surface area contributed by atoms with Gasteiger partial charge in [0.05, 0.1) is 34.3 Å². The second-order valence-corrected chi connectivity index (χ2v) is 10.1. The Labute approximate surface area is 185 Å². The highest BCUT2D eigenvalue weighted by atomic mass is 32.2. The Morgan fingerprint density at radius 2 is 1.68 bits per heavy atom. The Morgan fingerprint density at radius 1 is 0.968 bits per heavy atom. The molecule has 1 aliphatic rings. The second-order valence-electron chi connectivity index (χ2n) is 7.36. The summed E-state index contributed by atoms with van der Waals surface area (Å²) in [6.45, 7) is 0. The molecule has 0 N–H and O–H groups in total. The topological polar surface area (TPSA) is 67.6 Å². The molecule has 0 bridgehead atoms. The predicted molar refractivity (Wildman–Crippen MR) is 124 cm³/mol. The lowest BCUT2D eigenvalue weighted by atomic mass is 9.99. The van der Waals surface area contributed by atoms with Crippen LogP contribution < -0.4 is 0 Å². The zero-order valence-corrected chi connectivity index (χ0v) is 18.4. The number of nitrogens with zero attached hydrogens (tertiary/aromatic N) is 4. The van der Waals surface area contributed by atoms with E-state index in [1.54, 1.807) is 16.0 Å². The molecule has 8 heteroatoms. The van der Waals surface area contributed by atoms with Gasteiger partial charge < -0.3 is 0 Å². The number of thiophene rings is 1. The SMILES string of the molecule is CS(=O)(=O)N1N=C(c2cccs2)CC1c1cn(-c2ccccc2)nc1-c1ccccc1. The first kappa shape index (κ1) is 19.7. The maximum Gasteiger partial charge on any atom is 0.247 e. The second kappa shape index (κ2) is 7.79. The first-order valence-electron chi connectivity index (χ1n) is 9.82. The van der Waals surface area contributed by atoms with Gasteiger partial charge in [-0.1, -0.05) is 54.6 Å². The molecule has 1 unspecified atom stereocenters. The summed E-state index contributed by atoms with van der Waals surface area (Å²) in [4.78, 5) is 0.980. The fraction of sp³-hybridized carbons (Fsp3) is 0.130. The lowest BCUT2D eigenvalue weighted by Crippen LogP contribution is -2.26. The van der Waals surface area contributed by atoms with Crippen LogP contribution in [0.5, 0.6) is 0 Å². The Morgan fingerprint density at radius 3 is 2.32 bits per heavy atom. The fourth-order valence-electron chi connectivity index (χ4n) is 3.78. The van der Waals surface area contributed by atoms with Crippen molar-refractivity contribution in [1.82, 2.24) is 14.2 Å². The molecule has 0 radical (unpaired) electrons. The van der Waals surface area contributed by atoms with Gasteiger partial charge in [-0.15, -0.1) is 11.3 Å². The van der Waals surface area contributed by atoms with Gasteiger partial charge >= 0.3 is 0 Å². The molecule has 0 saturated heterocycles. The average molecular weight is 449 g/mol. The predicted octanol–water partition coefficient (Wildman–Crippen LogP) is 4.71. The number of rotatable bonds is 5. The van der Waals surface area contributed by atoms with Crippen LogP contribution in [0.2, 0.25) is 0 Å². The third-order valence-electron chi connectivity index (χ3n) is 5.19. The Kier molecular flexibility index (Phi) is 4.95. The van der Waals surface area contributed by atoms with Crippen LogP contribution in [0.1, 0.15) is 22.9 Å². The van der Waals surface area contributed by atoms with Gasteiger partial charge in [-0.2, -0.15) is 14.6 Å². The average Bonchev–Trinajstić information content (AvgIpc) is 3.53. The normalized spacial score (nSPS) is 16.5. The van der Waals surface area contributed by atoms with E-state index in [1.165, 1.54) is 10.7 Å². The van der Waals surface area contributed by atoms with Crippen LogP contribution >= 0.6 is 11.3 Å². The van der Waals surface area contributed by atoms with Crippen molar-refractivity contribution in [2.24, 2.45) is 5.10 Å². The van der Waals surface area contributed by atoms with E-state index in [-0.39, 0.29) is 0 Å². The molecule has 0 fully saturated rings. The van der Waals surface area contributed by atoms with Crippen molar-refractivity contribution >= 4 is 27.1 Å². The van der Waals surface area contributed by atoms with E-state index in [9.17, 15) is 8.42 Å². The van der Waals surface area contributed by atoms with E-state index in [1.807, 2.05) is 84.4 Å². The van der Waals surface area contributed by atoms with Crippen molar-refractivity contribution in [3.8, 4) is 16.9 Å². The number of hydrogen-bond acceptors (Lipinski definition) is 5. The van der Waals surface area contributed by atoms with E-state index in [4.69, 9.17) is 5.10 Å². The highest BCUT2D eigenvalue weighted by molar-refractivity contribution is 7.88. The fourth-order valence-corrected chi connectivity index (χ4v) is 5.40. The summed E-state index contributed by atoms with van der Waals surface area (Å²) in [5.74, 6) is 0. The molecule has 156 valence electrons. The van der Waals surface area contributed by atoms with Gasteiger partial charge in [0, 0.05) is 23.7 Å². The maximum atomic E-state index is 12.7. The molecule has 1 aliphatic heterocycles. The first-order valence-corrected chi connectivity index (χ1v) is 12.5. The number of aromatic nitrogens is 2. The van der Waals surface area contributed by atoms with Crippen molar-refractivity contribution in [2.45, 2.75) is 12.5 Å². The van der Waals surface area contributed by atoms with Crippen molar-refractivity contribution < 1.29 is 8.42 Å². The van der Waals surface area contributed by atoms with Gasteiger partial charge in [-0.25, -0.2) is 13.1 Å². The smallest absolute Gasteiger partial charge is 0.240 e. The number of benzene rings is 2. The molecule has 4 aromatic rings. The minimum absolute atomic E-state index is 0.459. The van der Waals surface area contributed by atoms with Crippen LogP contribution in [0.25, 0.3) is 16.9 Å². The molecule has 1 atom stereocenters. The zero-order chi connectivity index (χ0) is 21.4. The zero-order valence-electron chi connectivity index (χ0n) is 16.8. The van der Waals surface area contributed by atoms with E-state index in [0.29, 0.717) is 6.42 Å². The first-order chi connectivity index (χ1) is 15.0. The summed E-state index contributed by atoms with van der Waals surface area (Å²) < 4.78 is 28.3. The standard InChI is InChI=1S/C23H20N4O2S2/c1-31(28,29)27-21(15-20(24-27)22-13-8-14-30-22)19-16-26(18-11-6-3-7-12-18)25-23(19)17-9-4-2-5-10-17/h2-14,16,21H,15H2,1H3. The quantitative estimate of drug-likeness (QED) is 0.444. The summed E-state index contributed by atoms with van der Waals surface area (Å²) in [5, 5.41) is 11.3. The number of para-hydroxylation sites is 1. The highest BCUT2D eigenvalue weighted by Crippen LogP contribution is 2.39. The van der Waals surface area contributed by atoms with Crippen LogP contribution in [0, 0.1) is 0 Å². The Bertz CT molecular complexity index is 1330. The summed E-state index contributed by atoms with van der Waals surface area (Å²) in [6, 6.07) is 23.1. The van der Waals surface area contributed by atoms with Gasteiger partial charge in [0.1, 0.15) is 0 Å². The van der Waals surface area contributed by atoms with Gasteiger partial charge in [-0.05, 0) is 23.6 Å².